The molecule has 2 aromatic carbocycles. The summed E-state index contributed by atoms with van der Waals surface area (Å²) in [7, 11) is 0. The molecular formula is C26H29N5O2. The molecular weight excluding hydrogens is 414 g/mol. The fourth-order valence-corrected chi connectivity index (χ4v) is 4.11. The number of nitrogens with two attached hydrogens (primary N) is 1. The summed E-state index contributed by atoms with van der Waals surface area (Å²) in [5.74, 6) is -0.107. The highest BCUT2D eigenvalue weighted by atomic mass is 16.2. The van der Waals surface area contributed by atoms with Crippen molar-refractivity contribution in [1.82, 2.24) is 19.9 Å². The van der Waals surface area contributed by atoms with Gasteiger partial charge in [-0.1, -0.05) is 44.2 Å². The maximum absolute atomic E-state index is 13.5. The molecule has 170 valence electrons. The standard InChI is InChI=1S/C26H29N5O2/c1-4-28-24(32)20(11-9-16(2)3)17-10-12-22-21(13-17)23(30-26(27)29-22)25(33)31-14-18-7-5-6-8-19(18)15-31/h5-8,10,12-16,20H,4,9,11H2,1-3H3,(H,28,32)(H2,27,29,30). The number of anilines is 1. The van der Waals surface area contributed by atoms with Gasteiger partial charge in [0.1, 0.15) is 5.69 Å². The van der Waals surface area contributed by atoms with E-state index in [9.17, 15) is 9.59 Å². The Balaban J connectivity index is 1.80. The Kier molecular flexibility index (Phi) is 6.40. The fraction of sp³-hybridized carbons (Fsp3) is 0.308. The van der Waals surface area contributed by atoms with Crippen LogP contribution in [0.4, 0.5) is 5.95 Å². The largest absolute Gasteiger partial charge is 0.368 e. The monoisotopic (exact) mass is 443 g/mol. The molecule has 0 saturated carbocycles. The second kappa shape index (κ2) is 9.40. The van der Waals surface area contributed by atoms with Gasteiger partial charge in [-0.15, -0.1) is 0 Å². The summed E-state index contributed by atoms with van der Waals surface area (Å²) in [5, 5.41) is 5.45. The molecule has 2 heterocycles. The number of carbonyl (C=O) groups excluding carboxylic acids is 2. The lowest BCUT2D eigenvalue weighted by Gasteiger charge is -2.19. The van der Waals surface area contributed by atoms with Gasteiger partial charge >= 0.3 is 0 Å². The molecule has 0 radical (unpaired) electrons. The van der Waals surface area contributed by atoms with E-state index < -0.39 is 0 Å². The van der Waals surface area contributed by atoms with Gasteiger partial charge in [-0.05, 0) is 54.2 Å². The van der Waals surface area contributed by atoms with Crippen LogP contribution in [0.3, 0.4) is 0 Å². The first-order valence-electron chi connectivity index (χ1n) is 11.3. The Morgan fingerprint density at radius 3 is 2.36 bits per heavy atom. The molecule has 3 N–H and O–H groups in total. The number of carbonyl (C=O) groups is 2. The first-order valence-corrected chi connectivity index (χ1v) is 11.3. The third-order valence-corrected chi connectivity index (χ3v) is 5.83. The third kappa shape index (κ3) is 4.72. The first kappa shape index (κ1) is 22.5. The number of fused-ring (bicyclic) bond motifs is 2. The molecule has 7 heteroatoms. The highest BCUT2D eigenvalue weighted by Gasteiger charge is 2.23. The SMILES string of the molecule is CCNC(=O)C(CCC(C)C)c1ccc2nc(N)nc(C(=O)n3cc4ccccc4c3)c2c1. The van der Waals surface area contributed by atoms with Crippen molar-refractivity contribution in [3.63, 3.8) is 0 Å². The molecule has 2 aromatic heterocycles. The van der Waals surface area contributed by atoms with E-state index in [-0.39, 0.29) is 29.4 Å². The highest BCUT2D eigenvalue weighted by Crippen LogP contribution is 2.29. The van der Waals surface area contributed by atoms with Crippen LogP contribution in [-0.2, 0) is 4.79 Å². The molecule has 1 amide bonds. The van der Waals surface area contributed by atoms with E-state index in [4.69, 9.17) is 5.73 Å². The van der Waals surface area contributed by atoms with Gasteiger partial charge in [0, 0.05) is 24.3 Å². The van der Waals surface area contributed by atoms with E-state index in [0.29, 0.717) is 23.4 Å². The molecule has 33 heavy (non-hydrogen) atoms. The summed E-state index contributed by atoms with van der Waals surface area (Å²) in [6.45, 7) is 6.76. The van der Waals surface area contributed by atoms with Gasteiger partial charge in [-0.2, -0.15) is 0 Å². The van der Waals surface area contributed by atoms with Crippen LogP contribution < -0.4 is 11.1 Å². The van der Waals surface area contributed by atoms with Gasteiger partial charge in [0.2, 0.25) is 11.9 Å². The fourth-order valence-electron chi connectivity index (χ4n) is 4.11. The third-order valence-electron chi connectivity index (χ3n) is 5.83. The van der Waals surface area contributed by atoms with Gasteiger partial charge in [-0.25, -0.2) is 9.97 Å². The Hall–Kier alpha value is -3.74. The minimum absolute atomic E-state index is 0.0154. The molecule has 0 spiro atoms. The molecule has 0 saturated heterocycles. The average Bonchev–Trinajstić information content (AvgIpc) is 3.22. The first-order chi connectivity index (χ1) is 15.9. The summed E-state index contributed by atoms with van der Waals surface area (Å²) >= 11 is 0. The zero-order chi connectivity index (χ0) is 23.5. The van der Waals surface area contributed by atoms with E-state index in [0.717, 1.165) is 29.2 Å². The van der Waals surface area contributed by atoms with Crippen LogP contribution in [0.2, 0.25) is 0 Å². The lowest BCUT2D eigenvalue weighted by Crippen LogP contribution is -2.29. The van der Waals surface area contributed by atoms with Crippen molar-refractivity contribution >= 4 is 39.4 Å². The lowest BCUT2D eigenvalue weighted by molar-refractivity contribution is -0.122. The van der Waals surface area contributed by atoms with Crippen LogP contribution in [0.25, 0.3) is 21.7 Å². The highest BCUT2D eigenvalue weighted by molar-refractivity contribution is 6.07. The number of aromatic nitrogens is 3. The van der Waals surface area contributed by atoms with Gasteiger partial charge in [0.25, 0.3) is 5.91 Å². The van der Waals surface area contributed by atoms with Crippen LogP contribution >= 0.6 is 0 Å². The van der Waals surface area contributed by atoms with E-state index >= 15 is 0 Å². The predicted octanol–water partition coefficient (Wildman–Crippen LogP) is 4.51. The van der Waals surface area contributed by atoms with Crippen LogP contribution in [-0.4, -0.2) is 32.9 Å². The predicted molar refractivity (Wildman–Crippen MR) is 131 cm³/mol. The number of benzene rings is 2. The number of hydrogen-bond acceptors (Lipinski definition) is 5. The smallest absolute Gasteiger partial charge is 0.281 e. The number of nitrogens with one attached hydrogen (secondary N) is 1. The van der Waals surface area contributed by atoms with Crippen LogP contribution in [0.15, 0.2) is 54.9 Å². The van der Waals surface area contributed by atoms with E-state index in [1.54, 1.807) is 12.4 Å². The molecule has 0 aliphatic rings. The Morgan fingerprint density at radius 2 is 1.73 bits per heavy atom. The van der Waals surface area contributed by atoms with E-state index in [1.807, 2.05) is 49.4 Å². The van der Waals surface area contributed by atoms with Crippen molar-refractivity contribution in [1.29, 1.82) is 0 Å². The second-order valence-electron chi connectivity index (χ2n) is 8.72. The summed E-state index contributed by atoms with van der Waals surface area (Å²) in [6.07, 6.45) is 5.20. The molecule has 0 aliphatic carbocycles. The number of hydrogen-bond donors (Lipinski definition) is 2. The molecule has 7 nitrogen and oxygen atoms in total. The van der Waals surface area contributed by atoms with E-state index in [1.165, 1.54) is 4.57 Å². The van der Waals surface area contributed by atoms with E-state index in [2.05, 4.69) is 29.1 Å². The second-order valence-corrected chi connectivity index (χ2v) is 8.72. The summed E-state index contributed by atoms with van der Waals surface area (Å²) in [5.41, 5.74) is 7.57. The number of nitrogens with zero attached hydrogens (tertiary/aromatic N) is 3. The molecule has 4 aromatic rings. The van der Waals surface area contributed by atoms with Gasteiger partial charge < -0.3 is 11.1 Å². The molecule has 4 rings (SSSR count). The van der Waals surface area contributed by atoms with Crippen molar-refractivity contribution < 1.29 is 9.59 Å². The number of amides is 1. The van der Waals surface area contributed by atoms with Crippen LogP contribution in [0.5, 0.6) is 0 Å². The number of likely N-dealkylation sites (N-methyl/N-ethyl adjacent to an activating group) is 1. The molecule has 0 fully saturated rings. The van der Waals surface area contributed by atoms with Crippen molar-refractivity contribution in [3.05, 3.63) is 66.1 Å². The van der Waals surface area contributed by atoms with Crippen molar-refractivity contribution in [2.45, 2.75) is 39.5 Å². The maximum atomic E-state index is 13.5. The summed E-state index contributed by atoms with van der Waals surface area (Å²) < 4.78 is 1.53. The zero-order valence-electron chi connectivity index (χ0n) is 19.2. The Morgan fingerprint density at radius 1 is 1.03 bits per heavy atom. The molecule has 1 atom stereocenters. The molecule has 0 aliphatic heterocycles. The van der Waals surface area contributed by atoms with Crippen molar-refractivity contribution in [2.75, 3.05) is 12.3 Å². The summed E-state index contributed by atoms with van der Waals surface area (Å²) in [4.78, 5) is 34.9. The average molecular weight is 444 g/mol. The number of nitrogen functional groups attached to an aromatic ring is 1. The van der Waals surface area contributed by atoms with Crippen molar-refractivity contribution in [3.8, 4) is 0 Å². The quantitative estimate of drug-likeness (QED) is 0.437. The zero-order valence-corrected chi connectivity index (χ0v) is 19.2. The van der Waals surface area contributed by atoms with Crippen molar-refractivity contribution in [2.24, 2.45) is 5.92 Å². The Bertz CT molecular complexity index is 1290. The maximum Gasteiger partial charge on any atom is 0.281 e. The van der Waals surface area contributed by atoms with Gasteiger partial charge in [-0.3, -0.25) is 14.2 Å². The Labute approximate surface area is 193 Å². The minimum atomic E-state index is -0.313. The van der Waals surface area contributed by atoms with Gasteiger partial charge in [0.05, 0.1) is 11.4 Å². The normalized spacial score (nSPS) is 12.4. The van der Waals surface area contributed by atoms with Crippen LogP contribution in [0.1, 0.15) is 55.6 Å². The number of rotatable bonds is 7. The topological polar surface area (TPSA) is 103 Å². The lowest BCUT2D eigenvalue weighted by atomic mass is 9.89. The molecule has 1 unspecified atom stereocenters. The summed E-state index contributed by atoms with van der Waals surface area (Å²) in [6, 6.07) is 13.3. The van der Waals surface area contributed by atoms with Gasteiger partial charge in [0.15, 0.2) is 0 Å². The molecule has 0 bridgehead atoms. The van der Waals surface area contributed by atoms with Crippen LogP contribution in [0, 0.1) is 5.92 Å². The minimum Gasteiger partial charge on any atom is -0.368 e.